The van der Waals surface area contributed by atoms with Crippen molar-refractivity contribution in [1.82, 2.24) is 10.7 Å². The maximum Gasteiger partial charge on any atom is 0.262 e. The van der Waals surface area contributed by atoms with Gasteiger partial charge in [-0.15, -0.1) is 0 Å². The van der Waals surface area contributed by atoms with Crippen molar-refractivity contribution in [2.75, 3.05) is 7.11 Å². The Balaban J connectivity index is 1.49. The number of nitrogens with one attached hydrogen (secondary N) is 2. The van der Waals surface area contributed by atoms with E-state index < -0.39 is 11.9 Å². The highest BCUT2D eigenvalue weighted by Crippen LogP contribution is 2.27. The first-order valence-corrected chi connectivity index (χ1v) is 12.4. The number of benzene rings is 4. The number of carbonyl (C=O) groups is 2. The molecule has 194 valence electrons. The Kier molecular flexibility index (Phi) is 8.72. The van der Waals surface area contributed by atoms with Gasteiger partial charge < -0.3 is 14.8 Å². The lowest BCUT2D eigenvalue weighted by Crippen LogP contribution is -2.48. The van der Waals surface area contributed by atoms with Crippen LogP contribution in [0.15, 0.2) is 96.1 Å². The van der Waals surface area contributed by atoms with Crippen LogP contribution in [-0.4, -0.2) is 31.2 Å². The van der Waals surface area contributed by atoms with Gasteiger partial charge >= 0.3 is 0 Å². The van der Waals surface area contributed by atoms with Crippen LogP contribution in [0.1, 0.15) is 35.3 Å². The minimum Gasteiger partial charge on any atom is -0.497 e. The number of fused-ring (bicyclic) bond motifs is 1. The van der Waals surface area contributed by atoms with E-state index in [-0.39, 0.29) is 11.8 Å². The normalized spacial score (nSPS) is 11.9. The molecule has 2 N–H and O–H groups in total. The lowest BCUT2D eigenvalue weighted by Gasteiger charge is -2.20. The van der Waals surface area contributed by atoms with Gasteiger partial charge in [-0.1, -0.05) is 74.5 Å². The maximum atomic E-state index is 13.0. The van der Waals surface area contributed by atoms with Gasteiger partial charge in [0.25, 0.3) is 11.8 Å². The molecule has 2 amide bonds. The Labute approximate surface area is 222 Å². The van der Waals surface area contributed by atoms with E-state index in [2.05, 4.69) is 15.8 Å². The van der Waals surface area contributed by atoms with E-state index in [1.807, 2.05) is 80.6 Å². The van der Waals surface area contributed by atoms with Crippen LogP contribution in [0.2, 0.25) is 0 Å². The molecule has 1 unspecified atom stereocenters. The Bertz CT molecular complexity index is 1420. The molecule has 0 aromatic heterocycles. The van der Waals surface area contributed by atoms with Gasteiger partial charge in [0, 0.05) is 11.1 Å². The molecule has 0 fully saturated rings. The van der Waals surface area contributed by atoms with E-state index in [1.54, 1.807) is 37.6 Å². The average Bonchev–Trinajstić information content (AvgIpc) is 2.95. The highest BCUT2D eigenvalue weighted by Gasteiger charge is 2.24. The fraction of sp³-hybridized carbons (Fsp3) is 0.194. The summed E-state index contributed by atoms with van der Waals surface area (Å²) in [4.78, 5) is 25.8. The van der Waals surface area contributed by atoms with Gasteiger partial charge in [0.1, 0.15) is 24.1 Å². The first-order valence-electron chi connectivity index (χ1n) is 12.4. The molecule has 0 aliphatic heterocycles. The summed E-state index contributed by atoms with van der Waals surface area (Å²) in [5, 5.41) is 9.02. The highest BCUT2D eigenvalue weighted by molar-refractivity contribution is 6.03. The smallest absolute Gasteiger partial charge is 0.262 e. The predicted octanol–water partition coefficient (Wildman–Crippen LogP) is 5.33. The largest absolute Gasteiger partial charge is 0.497 e. The zero-order valence-electron chi connectivity index (χ0n) is 21.7. The van der Waals surface area contributed by atoms with Crippen LogP contribution < -0.4 is 20.2 Å². The summed E-state index contributed by atoms with van der Waals surface area (Å²) < 4.78 is 11.3. The number of ether oxygens (including phenoxy) is 2. The van der Waals surface area contributed by atoms with Crippen molar-refractivity contribution in [2.24, 2.45) is 11.0 Å². The number of nitrogens with zero attached hydrogens (tertiary/aromatic N) is 1. The summed E-state index contributed by atoms with van der Waals surface area (Å²) in [5.74, 6) is 0.379. The molecule has 0 aliphatic rings. The van der Waals surface area contributed by atoms with Crippen LogP contribution in [0.4, 0.5) is 0 Å². The summed E-state index contributed by atoms with van der Waals surface area (Å²) in [7, 11) is 1.56. The van der Waals surface area contributed by atoms with Gasteiger partial charge in [0.05, 0.1) is 13.3 Å². The lowest BCUT2D eigenvalue weighted by molar-refractivity contribution is -0.123. The van der Waals surface area contributed by atoms with Crippen LogP contribution >= 0.6 is 0 Å². The molecular formula is C31H31N3O4. The first kappa shape index (κ1) is 26.4. The molecule has 0 saturated heterocycles. The second-order valence-electron chi connectivity index (χ2n) is 9.13. The van der Waals surface area contributed by atoms with E-state index in [0.717, 1.165) is 21.9 Å². The Morgan fingerprint density at radius 2 is 1.61 bits per heavy atom. The molecule has 7 heteroatoms. The molecule has 0 radical (unpaired) electrons. The molecule has 0 aliphatic carbocycles. The summed E-state index contributed by atoms with van der Waals surface area (Å²) in [5.41, 5.74) is 4.83. The van der Waals surface area contributed by atoms with Crippen LogP contribution in [-0.2, 0) is 11.4 Å². The zero-order valence-corrected chi connectivity index (χ0v) is 21.7. The highest BCUT2D eigenvalue weighted by atomic mass is 16.5. The maximum absolute atomic E-state index is 13.0. The number of rotatable bonds is 10. The van der Waals surface area contributed by atoms with E-state index in [4.69, 9.17) is 9.47 Å². The second-order valence-corrected chi connectivity index (χ2v) is 9.13. The Hall–Kier alpha value is -4.65. The average molecular weight is 510 g/mol. The summed E-state index contributed by atoms with van der Waals surface area (Å²) in [6, 6.07) is 27.6. The molecule has 1 atom stereocenters. The van der Waals surface area contributed by atoms with E-state index >= 15 is 0 Å². The van der Waals surface area contributed by atoms with Crippen LogP contribution in [0.25, 0.3) is 10.8 Å². The fourth-order valence-electron chi connectivity index (χ4n) is 4.00. The molecule has 38 heavy (non-hydrogen) atoms. The third-order valence-corrected chi connectivity index (χ3v) is 6.12. The van der Waals surface area contributed by atoms with Crippen molar-refractivity contribution in [3.8, 4) is 11.5 Å². The summed E-state index contributed by atoms with van der Waals surface area (Å²) in [6.45, 7) is 4.13. The number of hydrogen-bond acceptors (Lipinski definition) is 5. The Morgan fingerprint density at radius 1 is 0.895 bits per heavy atom. The van der Waals surface area contributed by atoms with Gasteiger partial charge in [-0.05, 0) is 52.6 Å². The van der Waals surface area contributed by atoms with Crippen molar-refractivity contribution in [3.05, 3.63) is 108 Å². The molecule has 4 aromatic carbocycles. The molecule has 0 saturated carbocycles. The number of methoxy groups -OCH3 is 1. The second kappa shape index (κ2) is 12.5. The summed E-state index contributed by atoms with van der Waals surface area (Å²) >= 11 is 0. The minimum absolute atomic E-state index is 0.158. The number of carbonyl (C=O) groups excluding carboxylic acids is 2. The predicted molar refractivity (Wildman–Crippen MR) is 150 cm³/mol. The lowest BCUT2D eigenvalue weighted by atomic mass is 10.0. The number of hydrogen-bond donors (Lipinski definition) is 2. The summed E-state index contributed by atoms with van der Waals surface area (Å²) in [6.07, 6.45) is 1.59. The van der Waals surface area contributed by atoms with E-state index in [9.17, 15) is 9.59 Å². The van der Waals surface area contributed by atoms with Crippen molar-refractivity contribution in [1.29, 1.82) is 0 Å². The van der Waals surface area contributed by atoms with Crippen molar-refractivity contribution < 1.29 is 19.1 Å². The topological polar surface area (TPSA) is 89.0 Å². The van der Waals surface area contributed by atoms with Crippen LogP contribution in [0, 0.1) is 5.92 Å². The monoisotopic (exact) mass is 509 g/mol. The Morgan fingerprint density at radius 3 is 2.32 bits per heavy atom. The van der Waals surface area contributed by atoms with Gasteiger partial charge in [-0.3, -0.25) is 9.59 Å². The minimum atomic E-state index is -0.775. The van der Waals surface area contributed by atoms with Gasteiger partial charge in [-0.2, -0.15) is 5.10 Å². The van der Waals surface area contributed by atoms with Crippen molar-refractivity contribution >= 4 is 28.8 Å². The molecule has 4 aromatic rings. The number of hydrazone groups is 1. The zero-order chi connectivity index (χ0) is 26.9. The van der Waals surface area contributed by atoms with E-state index in [1.165, 1.54) is 0 Å². The quantitative estimate of drug-likeness (QED) is 0.223. The van der Waals surface area contributed by atoms with Crippen LogP contribution in [0.5, 0.6) is 11.5 Å². The fourth-order valence-corrected chi connectivity index (χ4v) is 4.00. The third-order valence-electron chi connectivity index (χ3n) is 6.12. The molecule has 0 heterocycles. The molecule has 0 spiro atoms. The molecule has 0 bridgehead atoms. The molecular weight excluding hydrogens is 478 g/mol. The van der Waals surface area contributed by atoms with Gasteiger partial charge in [0.2, 0.25) is 0 Å². The van der Waals surface area contributed by atoms with E-state index in [0.29, 0.717) is 23.7 Å². The van der Waals surface area contributed by atoms with Crippen LogP contribution in [0.3, 0.4) is 0 Å². The SMILES string of the molecule is COc1ccc(C(=O)NC(C(=O)NN=Cc2c(OCc3ccccc3)ccc3ccccc23)C(C)C)cc1. The van der Waals surface area contributed by atoms with Gasteiger partial charge in [-0.25, -0.2) is 5.43 Å². The molecule has 7 nitrogen and oxygen atoms in total. The number of amides is 2. The van der Waals surface area contributed by atoms with Gasteiger partial charge in [0.15, 0.2) is 0 Å². The van der Waals surface area contributed by atoms with Crippen molar-refractivity contribution in [3.63, 3.8) is 0 Å². The third kappa shape index (κ3) is 6.56. The standard InChI is InChI=1S/C31H31N3O4/c1-21(2)29(33-30(35)24-13-16-25(37-3)17-14-24)31(36)34-32-19-27-26-12-8-7-11-23(26)15-18-28(27)38-20-22-9-5-4-6-10-22/h4-19,21,29H,20H2,1-3H3,(H,33,35)(H,34,36). The molecule has 4 rings (SSSR count). The first-order chi connectivity index (χ1) is 18.5. The van der Waals surface area contributed by atoms with Crippen molar-refractivity contribution in [2.45, 2.75) is 26.5 Å².